The van der Waals surface area contributed by atoms with E-state index in [1.54, 1.807) is 48.5 Å². The van der Waals surface area contributed by atoms with Crippen LogP contribution in [0.25, 0.3) is 6.08 Å². The van der Waals surface area contributed by atoms with Gasteiger partial charge < -0.3 is 14.2 Å². The number of rotatable bonds is 7. The standard InChI is InChI=1S/C24H16Cl2N2O6/c1-32-21-12-15(11-20-24(29)34-23(27-20)17-7-2-3-8-18(17)25)10-19(26)22(21)33-13-14-5-4-6-16(9-14)28(30)31/h2-12H,13H2,1H3/b20-11-. The van der Waals surface area contributed by atoms with Crippen LogP contribution in [0.4, 0.5) is 5.69 Å². The number of ether oxygens (including phenoxy) is 3. The van der Waals surface area contributed by atoms with Crippen LogP contribution >= 0.6 is 23.2 Å². The van der Waals surface area contributed by atoms with Crippen molar-refractivity contribution in [3.8, 4) is 11.5 Å². The molecule has 1 aliphatic rings. The minimum absolute atomic E-state index is 0.0377. The number of aliphatic imine (C=N–C) groups is 1. The quantitative estimate of drug-likeness (QED) is 0.175. The Morgan fingerprint density at radius 2 is 1.88 bits per heavy atom. The van der Waals surface area contributed by atoms with Crippen LogP contribution in [0.2, 0.25) is 10.0 Å². The fourth-order valence-corrected chi connectivity index (χ4v) is 3.69. The fourth-order valence-electron chi connectivity index (χ4n) is 3.20. The highest BCUT2D eigenvalue weighted by atomic mass is 35.5. The van der Waals surface area contributed by atoms with E-state index in [4.69, 9.17) is 37.4 Å². The highest BCUT2D eigenvalue weighted by molar-refractivity contribution is 6.34. The Morgan fingerprint density at radius 1 is 1.09 bits per heavy atom. The third-order valence-electron chi connectivity index (χ3n) is 4.78. The molecule has 1 heterocycles. The molecule has 172 valence electrons. The van der Waals surface area contributed by atoms with Gasteiger partial charge in [0.15, 0.2) is 17.2 Å². The van der Waals surface area contributed by atoms with Crippen LogP contribution in [0.5, 0.6) is 11.5 Å². The SMILES string of the molecule is COc1cc(/C=C2\N=C(c3ccccc3Cl)OC2=O)cc(Cl)c1OCc1cccc([N+](=O)[O-])c1. The maximum atomic E-state index is 12.3. The molecule has 34 heavy (non-hydrogen) atoms. The van der Waals surface area contributed by atoms with E-state index in [1.807, 2.05) is 0 Å². The first-order valence-electron chi connectivity index (χ1n) is 9.87. The summed E-state index contributed by atoms with van der Waals surface area (Å²) in [7, 11) is 1.44. The first kappa shape index (κ1) is 23.3. The summed E-state index contributed by atoms with van der Waals surface area (Å²) in [5, 5.41) is 11.6. The maximum Gasteiger partial charge on any atom is 0.363 e. The summed E-state index contributed by atoms with van der Waals surface area (Å²) in [6.45, 7) is 0.0377. The van der Waals surface area contributed by atoms with E-state index >= 15 is 0 Å². The monoisotopic (exact) mass is 498 g/mol. The minimum atomic E-state index is -0.629. The van der Waals surface area contributed by atoms with Gasteiger partial charge in [0.05, 0.1) is 27.6 Å². The zero-order valence-corrected chi connectivity index (χ0v) is 19.2. The number of benzene rings is 3. The van der Waals surface area contributed by atoms with Gasteiger partial charge in [-0.2, -0.15) is 0 Å². The molecule has 0 radical (unpaired) electrons. The van der Waals surface area contributed by atoms with Crippen molar-refractivity contribution in [2.24, 2.45) is 4.99 Å². The second kappa shape index (κ2) is 9.94. The molecule has 0 saturated carbocycles. The van der Waals surface area contributed by atoms with Crippen LogP contribution in [0.1, 0.15) is 16.7 Å². The van der Waals surface area contributed by atoms with E-state index in [1.165, 1.54) is 25.3 Å². The van der Waals surface area contributed by atoms with Gasteiger partial charge in [-0.25, -0.2) is 9.79 Å². The van der Waals surface area contributed by atoms with Crippen molar-refractivity contribution >= 4 is 46.8 Å². The lowest BCUT2D eigenvalue weighted by atomic mass is 10.1. The lowest BCUT2D eigenvalue weighted by Crippen LogP contribution is -2.05. The smallest absolute Gasteiger partial charge is 0.363 e. The molecule has 8 nitrogen and oxygen atoms in total. The van der Waals surface area contributed by atoms with Crippen LogP contribution in [0.15, 0.2) is 71.4 Å². The number of hydrogen-bond acceptors (Lipinski definition) is 7. The molecule has 3 aromatic rings. The number of esters is 1. The van der Waals surface area contributed by atoms with Crippen LogP contribution in [0, 0.1) is 10.1 Å². The van der Waals surface area contributed by atoms with Crippen molar-refractivity contribution in [2.45, 2.75) is 6.61 Å². The third kappa shape index (κ3) is 5.03. The van der Waals surface area contributed by atoms with Gasteiger partial charge in [-0.3, -0.25) is 10.1 Å². The number of nitrogens with zero attached hydrogens (tertiary/aromatic N) is 2. The van der Waals surface area contributed by atoms with E-state index in [9.17, 15) is 14.9 Å². The summed E-state index contributed by atoms with van der Waals surface area (Å²) >= 11 is 12.6. The zero-order chi connectivity index (χ0) is 24.2. The third-order valence-corrected chi connectivity index (χ3v) is 5.39. The number of nitro benzene ring substituents is 1. The maximum absolute atomic E-state index is 12.3. The van der Waals surface area contributed by atoms with Crippen molar-refractivity contribution in [3.05, 3.63) is 103 Å². The average Bonchev–Trinajstić information content (AvgIpc) is 3.18. The Kier molecular flexibility index (Phi) is 6.81. The number of carbonyl (C=O) groups is 1. The van der Waals surface area contributed by atoms with Gasteiger partial charge in [0, 0.05) is 12.1 Å². The van der Waals surface area contributed by atoms with E-state index in [2.05, 4.69) is 4.99 Å². The lowest BCUT2D eigenvalue weighted by Gasteiger charge is -2.13. The number of non-ortho nitro benzene ring substituents is 1. The molecule has 0 amide bonds. The molecule has 0 unspecified atom stereocenters. The molecule has 10 heteroatoms. The Morgan fingerprint density at radius 3 is 2.62 bits per heavy atom. The van der Waals surface area contributed by atoms with E-state index < -0.39 is 10.9 Å². The Balaban J connectivity index is 1.59. The molecule has 0 saturated heterocycles. The van der Waals surface area contributed by atoms with Crippen molar-refractivity contribution in [1.29, 1.82) is 0 Å². The van der Waals surface area contributed by atoms with Gasteiger partial charge >= 0.3 is 5.97 Å². The number of cyclic esters (lactones) is 1. The van der Waals surface area contributed by atoms with Crippen molar-refractivity contribution < 1.29 is 23.9 Å². The molecule has 0 aliphatic carbocycles. The van der Waals surface area contributed by atoms with Crippen molar-refractivity contribution in [3.63, 3.8) is 0 Å². The molecular weight excluding hydrogens is 483 g/mol. The Labute approximate surface area is 204 Å². The number of halogens is 2. The molecule has 0 fully saturated rings. The molecule has 0 spiro atoms. The largest absolute Gasteiger partial charge is 0.493 e. The molecule has 1 aliphatic heterocycles. The van der Waals surface area contributed by atoms with Crippen LogP contribution in [-0.2, 0) is 16.1 Å². The van der Waals surface area contributed by atoms with E-state index in [0.29, 0.717) is 27.5 Å². The predicted molar refractivity (Wildman–Crippen MR) is 127 cm³/mol. The summed E-state index contributed by atoms with van der Waals surface area (Å²) in [5.41, 5.74) is 1.65. The average molecular weight is 499 g/mol. The second-order valence-electron chi connectivity index (χ2n) is 7.07. The van der Waals surface area contributed by atoms with Crippen molar-refractivity contribution in [1.82, 2.24) is 0 Å². The lowest BCUT2D eigenvalue weighted by molar-refractivity contribution is -0.384. The van der Waals surface area contributed by atoms with Gasteiger partial charge in [-0.1, -0.05) is 47.5 Å². The molecule has 0 N–H and O–H groups in total. The van der Waals surface area contributed by atoms with Gasteiger partial charge in [0.2, 0.25) is 5.90 Å². The normalized spacial score (nSPS) is 14.0. The van der Waals surface area contributed by atoms with Crippen LogP contribution in [0.3, 0.4) is 0 Å². The van der Waals surface area contributed by atoms with E-state index in [-0.39, 0.29) is 34.7 Å². The topological polar surface area (TPSA) is 100 Å². The van der Waals surface area contributed by atoms with Crippen LogP contribution < -0.4 is 9.47 Å². The second-order valence-corrected chi connectivity index (χ2v) is 7.88. The van der Waals surface area contributed by atoms with Crippen molar-refractivity contribution in [2.75, 3.05) is 7.11 Å². The first-order chi connectivity index (χ1) is 16.4. The minimum Gasteiger partial charge on any atom is -0.493 e. The number of nitro groups is 1. The molecular formula is C24H16Cl2N2O6. The summed E-state index contributed by atoms with van der Waals surface area (Å²) in [6.07, 6.45) is 1.50. The molecule has 0 bridgehead atoms. The molecule has 0 aromatic heterocycles. The predicted octanol–water partition coefficient (Wildman–Crippen LogP) is 5.83. The summed E-state index contributed by atoms with van der Waals surface area (Å²) < 4.78 is 16.4. The number of hydrogen-bond donors (Lipinski definition) is 0. The Bertz CT molecular complexity index is 1350. The van der Waals surface area contributed by atoms with Gasteiger partial charge in [-0.05, 0) is 41.5 Å². The van der Waals surface area contributed by atoms with Gasteiger partial charge in [0.25, 0.3) is 5.69 Å². The highest BCUT2D eigenvalue weighted by Crippen LogP contribution is 2.38. The van der Waals surface area contributed by atoms with E-state index in [0.717, 1.165) is 0 Å². The summed E-state index contributed by atoms with van der Waals surface area (Å²) in [5.74, 6) is 0.0476. The van der Waals surface area contributed by atoms with Gasteiger partial charge in [0.1, 0.15) is 6.61 Å². The molecule has 4 rings (SSSR count). The van der Waals surface area contributed by atoms with Crippen LogP contribution in [-0.4, -0.2) is 23.9 Å². The fraction of sp³-hybridized carbons (Fsp3) is 0.0833. The Hall–Kier alpha value is -3.88. The summed E-state index contributed by atoms with van der Waals surface area (Å²) in [6, 6.07) is 16.2. The zero-order valence-electron chi connectivity index (χ0n) is 17.7. The summed E-state index contributed by atoms with van der Waals surface area (Å²) in [4.78, 5) is 27.1. The highest BCUT2D eigenvalue weighted by Gasteiger charge is 2.26. The number of carbonyl (C=O) groups excluding carboxylic acids is 1. The van der Waals surface area contributed by atoms with Gasteiger partial charge in [-0.15, -0.1) is 0 Å². The molecule has 0 atom stereocenters. The molecule has 3 aromatic carbocycles. The number of methoxy groups -OCH3 is 1. The first-order valence-corrected chi connectivity index (χ1v) is 10.6.